The summed E-state index contributed by atoms with van der Waals surface area (Å²) in [6.07, 6.45) is 2.99. The van der Waals surface area contributed by atoms with Crippen molar-refractivity contribution in [1.29, 1.82) is 0 Å². The van der Waals surface area contributed by atoms with Crippen LogP contribution in [-0.4, -0.2) is 0 Å². The third kappa shape index (κ3) is 1.26. The van der Waals surface area contributed by atoms with Gasteiger partial charge in [-0.25, -0.2) is 0 Å². The number of hydrogen-bond donors (Lipinski definition) is 0. The van der Waals surface area contributed by atoms with Gasteiger partial charge in [0.2, 0.25) is 0 Å². The first-order chi connectivity index (χ1) is 6.24. The Hall–Kier alpha value is 0. The average molecular weight is 194 g/mol. The summed E-state index contributed by atoms with van der Waals surface area (Å²) in [4.78, 5) is 0. The van der Waals surface area contributed by atoms with E-state index in [1.165, 1.54) is 12.8 Å². The van der Waals surface area contributed by atoms with Crippen molar-refractivity contribution in [1.82, 2.24) is 0 Å². The summed E-state index contributed by atoms with van der Waals surface area (Å²) in [5.41, 5.74) is 1.17. The Balaban J connectivity index is 2.16. The second-order valence-corrected chi connectivity index (χ2v) is 7.43. The zero-order valence-corrected chi connectivity index (χ0v) is 10.7. The lowest BCUT2D eigenvalue weighted by Crippen LogP contribution is -2.57. The third-order valence-corrected chi connectivity index (χ3v) is 5.47. The van der Waals surface area contributed by atoms with E-state index in [9.17, 15) is 0 Å². The largest absolute Gasteiger partial charge is 0.0619 e. The molecule has 0 aromatic carbocycles. The molecule has 2 bridgehead atoms. The second kappa shape index (κ2) is 2.77. The van der Waals surface area contributed by atoms with E-state index in [0.717, 1.165) is 23.7 Å². The van der Waals surface area contributed by atoms with E-state index >= 15 is 0 Å². The highest BCUT2D eigenvalue weighted by Gasteiger charge is 2.57. The molecule has 0 aromatic heterocycles. The predicted octanol–water partition coefficient (Wildman–Crippen LogP) is 4.35. The Bertz CT molecular complexity index is 231. The molecule has 3 saturated carbocycles. The van der Waals surface area contributed by atoms with E-state index in [2.05, 4.69) is 41.5 Å². The maximum absolute atomic E-state index is 2.50. The molecule has 82 valence electrons. The molecule has 0 radical (unpaired) electrons. The molecule has 3 fully saturated rings. The lowest BCUT2D eigenvalue weighted by Gasteiger charge is -2.64. The van der Waals surface area contributed by atoms with Gasteiger partial charge in [0.25, 0.3) is 0 Å². The molecule has 0 heteroatoms. The van der Waals surface area contributed by atoms with Crippen molar-refractivity contribution in [3.05, 3.63) is 0 Å². The van der Waals surface area contributed by atoms with Crippen molar-refractivity contribution in [2.75, 3.05) is 0 Å². The van der Waals surface area contributed by atoms with Gasteiger partial charge in [-0.05, 0) is 47.3 Å². The van der Waals surface area contributed by atoms with Crippen LogP contribution < -0.4 is 0 Å². The zero-order chi connectivity index (χ0) is 10.7. The minimum Gasteiger partial charge on any atom is -0.0619 e. The minimum atomic E-state index is 0.521. The van der Waals surface area contributed by atoms with Crippen LogP contribution >= 0.6 is 0 Å². The molecule has 0 amide bonds. The predicted molar refractivity (Wildman–Crippen MR) is 62.1 cm³/mol. The number of fused-ring (bicyclic) bond motifs is 2. The van der Waals surface area contributed by atoms with Crippen LogP contribution in [0.25, 0.3) is 0 Å². The lowest BCUT2D eigenvalue weighted by atomic mass is 9.41. The Kier molecular flexibility index (Phi) is 2.08. The first-order valence-corrected chi connectivity index (χ1v) is 6.24. The Morgan fingerprint density at radius 1 is 1.07 bits per heavy atom. The normalized spacial score (nSPS) is 45.9. The van der Waals surface area contributed by atoms with Gasteiger partial charge >= 0.3 is 0 Å². The lowest BCUT2D eigenvalue weighted by molar-refractivity contribution is -0.150. The van der Waals surface area contributed by atoms with Gasteiger partial charge < -0.3 is 0 Å². The Labute approximate surface area is 89.5 Å². The molecule has 1 unspecified atom stereocenters. The SMILES string of the molecule is C[C@H]1C(C(C)(C)C)C[C@H]2C[C@@H]1C2(C)C. The van der Waals surface area contributed by atoms with Crippen LogP contribution in [0.1, 0.15) is 54.4 Å². The summed E-state index contributed by atoms with van der Waals surface area (Å²) in [6.45, 7) is 14.7. The first kappa shape index (κ1) is 10.5. The molecule has 0 heterocycles. The number of rotatable bonds is 0. The Morgan fingerprint density at radius 3 is 2.00 bits per heavy atom. The van der Waals surface area contributed by atoms with Crippen LogP contribution in [0.4, 0.5) is 0 Å². The highest BCUT2D eigenvalue weighted by molar-refractivity contribution is 5.06. The zero-order valence-electron chi connectivity index (χ0n) is 10.7. The Morgan fingerprint density at radius 2 is 1.64 bits per heavy atom. The molecule has 3 aliphatic rings. The van der Waals surface area contributed by atoms with Crippen LogP contribution in [-0.2, 0) is 0 Å². The maximum Gasteiger partial charge on any atom is -0.0295 e. The summed E-state index contributed by atoms with van der Waals surface area (Å²) in [5, 5.41) is 0. The molecule has 3 aliphatic carbocycles. The molecular weight excluding hydrogens is 168 g/mol. The molecule has 0 N–H and O–H groups in total. The van der Waals surface area contributed by atoms with E-state index in [-0.39, 0.29) is 0 Å². The molecule has 4 atom stereocenters. The molecule has 3 rings (SSSR count). The summed E-state index contributed by atoms with van der Waals surface area (Å²) < 4.78 is 0. The van der Waals surface area contributed by atoms with Crippen LogP contribution in [0, 0.1) is 34.5 Å². The van der Waals surface area contributed by atoms with Crippen molar-refractivity contribution in [3.8, 4) is 0 Å². The molecule has 14 heavy (non-hydrogen) atoms. The second-order valence-electron chi connectivity index (χ2n) is 7.43. The molecule has 0 spiro atoms. The molecule has 0 aromatic rings. The molecule has 0 saturated heterocycles. The van der Waals surface area contributed by atoms with Crippen molar-refractivity contribution < 1.29 is 0 Å². The van der Waals surface area contributed by atoms with E-state index < -0.39 is 0 Å². The van der Waals surface area contributed by atoms with E-state index in [1.54, 1.807) is 0 Å². The third-order valence-electron chi connectivity index (χ3n) is 5.47. The van der Waals surface area contributed by atoms with Gasteiger partial charge in [0.1, 0.15) is 0 Å². The summed E-state index contributed by atoms with van der Waals surface area (Å²) in [7, 11) is 0. The standard InChI is InChI=1S/C14H26/c1-9-11(13(2,3)4)7-10-8-12(9)14(10,5)6/h9-12H,7-8H2,1-6H3/t9-,10-,11?,12-/m0/s1. The molecular formula is C14H26. The average Bonchev–Trinajstić information content (AvgIpc) is 2.01. The van der Waals surface area contributed by atoms with Gasteiger partial charge in [0, 0.05) is 0 Å². The van der Waals surface area contributed by atoms with Gasteiger partial charge in [-0.1, -0.05) is 41.5 Å². The van der Waals surface area contributed by atoms with E-state index in [4.69, 9.17) is 0 Å². The fourth-order valence-corrected chi connectivity index (χ4v) is 4.29. The van der Waals surface area contributed by atoms with Crippen molar-refractivity contribution >= 4 is 0 Å². The molecule has 0 nitrogen and oxygen atoms in total. The highest BCUT2D eigenvalue weighted by atomic mass is 14.6. The van der Waals surface area contributed by atoms with Gasteiger partial charge in [-0.2, -0.15) is 0 Å². The van der Waals surface area contributed by atoms with Crippen molar-refractivity contribution in [2.45, 2.75) is 54.4 Å². The maximum atomic E-state index is 2.50. The van der Waals surface area contributed by atoms with Crippen LogP contribution in [0.3, 0.4) is 0 Å². The fraction of sp³-hybridized carbons (Fsp3) is 1.00. The van der Waals surface area contributed by atoms with Gasteiger partial charge in [0.05, 0.1) is 0 Å². The van der Waals surface area contributed by atoms with Crippen LogP contribution in [0.15, 0.2) is 0 Å². The first-order valence-electron chi connectivity index (χ1n) is 6.24. The van der Waals surface area contributed by atoms with Gasteiger partial charge in [-0.3, -0.25) is 0 Å². The summed E-state index contributed by atoms with van der Waals surface area (Å²) >= 11 is 0. The monoisotopic (exact) mass is 194 g/mol. The van der Waals surface area contributed by atoms with Crippen LogP contribution in [0.2, 0.25) is 0 Å². The van der Waals surface area contributed by atoms with E-state index in [1.807, 2.05) is 0 Å². The number of hydrogen-bond acceptors (Lipinski definition) is 0. The highest BCUT2D eigenvalue weighted by Crippen LogP contribution is 2.65. The summed E-state index contributed by atoms with van der Waals surface area (Å²) in [5.74, 6) is 3.92. The summed E-state index contributed by atoms with van der Waals surface area (Å²) in [6, 6.07) is 0. The van der Waals surface area contributed by atoms with Crippen LogP contribution in [0.5, 0.6) is 0 Å². The van der Waals surface area contributed by atoms with Gasteiger partial charge in [0.15, 0.2) is 0 Å². The van der Waals surface area contributed by atoms with Crippen molar-refractivity contribution in [3.63, 3.8) is 0 Å². The smallest absolute Gasteiger partial charge is 0.0295 e. The van der Waals surface area contributed by atoms with E-state index in [0.29, 0.717) is 10.8 Å². The molecule has 0 aliphatic heterocycles. The fourth-order valence-electron chi connectivity index (χ4n) is 4.29. The quantitative estimate of drug-likeness (QED) is 0.538. The van der Waals surface area contributed by atoms with Gasteiger partial charge in [-0.15, -0.1) is 0 Å². The topological polar surface area (TPSA) is 0 Å². The minimum absolute atomic E-state index is 0.521. The van der Waals surface area contributed by atoms with Crippen molar-refractivity contribution in [2.24, 2.45) is 34.5 Å².